The molecule has 0 spiro atoms. The number of carbonyl (C=O) groups excluding carboxylic acids is 1. The van der Waals surface area contributed by atoms with Crippen LogP contribution in [0.25, 0.3) is 0 Å². The third kappa shape index (κ3) is 8.21. The van der Waals surface area contributed by atoms with Crippen LogP contribution >= 0.6 is 0 Å². The van der Waals surface area contributed by atoms with Gasteiger partial charge in [-0.25, -0.2) is 4.99 Å². The molecule has 0 heterocycles. The van der Waals surface area contributed by atoms with Gasteiger partial charge in [-0.05, 0) is 46.0 Å². The molecule has 0 aliphatic heterocycles. The highest BCUT2D eigenvalue weighted by atomic mass is 16.5. The lowest BCUT2D eigenvalue weighted by Crippen LogP contribution is -2.46. The van der Waals surface area contributed by atoms with Crippen molar-refractivity contribution < 1.29 is 9.53 Å². The minimum absolute atomic E-state index is 0.0108. The van der Waals surface area contributed by atoms with Crippen LogP contribution in [0.5, 0.6) is 0 Å². The molecule has 1 aliphatic rings. The largest absolute Gasteiger partial charge is 0.376 e. The number of ether oxygens (including phenoxy) is 1. The van der Waals surface area contributed by atoms with Gasteiger partial charge in [-0.3, -0.25) is 4.79 Å². The van der Waals surface area contributed by atoms with Gasteiger partial charge in [-0.2, -0.15) is 0 Å². The molecule has 0 atom stereocenters. The van der Waals surface area contributed by atoms with Gasteiger partial charge in [-0.15, -0.1) is 0 Å². The Morgan fingerprint density at radius 2 is 1.91 bits per heavy atom. The predicted molar refractivity (Wildman–Crippen MR) is 94.7 cm³/mol. The van der Waals surface area contributed by atoms with Gasteiger partial charge >= 0.3 is 0 Å². The van der Waals surface area contributed by atoms with Crippen LogP contribution in [0.2, 0.25) is 0 Å². The van der Waals surface area contributed by atoms with Gasteiger partial charge in [0.05, 0.1) is 12.2 Å². The van der Waals surface area contributed by atoms with Crippen molar-refractivity contribution in [2.45, 2.75) is 71.1 Å². The number of amides is 1. The van der Waals surface area contributed by atoms with Crippen molar-refractivity contribution in [1.29, 1.82) is 0 Å². The maximum absolute atomic E-state index is 11.7. The molecule has 1 saturated carbocycles. The van der Waals surface area contributed by atoms with E-state index in [1.807, 2.05) is 0 Å². The van der Waals surface area contributed by atoms with E-state index < -0.39 is 0 Å². The summed E-state index contributed by atoms with van der Waals surface area (Å²) >= 11 is 0. The molecule has 134 valence electrons. The maximum Gasteiger partial charge on any atom is 0.243 e. The molecule has 0 saturated heterocycles. The quantitative estimate of drug-likeness (QED) is 0.553. The van der Waals surface area contributed by atoms with Crippen LogP contribution in [0.3, 0.4) is 0 Å². The van der Waals surface area contributed by atoms with E-state index in [-0.39, 0.29) is 12.5 Å². The van der Waals surface area contributed by atoms with Gasteiger partial charge < -0.3 is 20.3 Å². The Morgan fingerprint density at radius 3 is 2.43 bits per heavy atom. The molecule has 0 unspecified atom stereocenters. The summed E-state index contributed by atoms with van der Waals surface area (Å²) in [5, 5.41) is 6.76. The van der Waals surface area contributed by atoms with Crippen LogP contribution in [0, 0.1) is 0 Å². The summed E-state index contributed by atoms with van der Waals surface area (Å²) in [4.78, 5) is 17.7. The Bertz CT molecular complexity index is 375. The summed E-state index contributed by atoms with van der Waals surface area (Å²) in [5.74, 6) is 0.756. The van der Waals surface area contributed by atoms with Crippen molar-refractivity contribution in [2.24, 2.45) is 4.99 Å². The second-order valence-electron chi connectivity index (χ2n) is 6.68. The van der Waals surface area contributed by atoms with Gasteiger partial charge in [0, 0.05) is 26.7 Å². The smallest absolute Gasteiger partial charge is 0.243 e. The molecular formula is C17H34N4O2. The van der Waals surface area contributed by atoms with Crippen molar-refractivity contribution in [3.8, 4) is 0 Å². The second kappa shape index (κ2) is 10.5. The van der Waals surface area contributed by atoms with Crippen molar-refractivity contribution in [3.05, 3.63) is 0 Å². The lowest BCUT2D eigenvalue weighted by molar-refractivity contribution is -0.127. The number of aliphatic imine (C=N–C) groups is 1. The van der Waals surface area contributed by atoms with E-state index in [2.05, 4.69) is 36.4 Å². The molecule has 6 heteroatoms. The predicted octanol–water partition coefficient (Wildman–Crippen LogP) is 1.76. The fourth-order valence-electron chi connectivity index (χ4n) is 2.61. The zero-order chi connectivity index (χ0) is 17.2. The molecule has 1 amide bonds. The number of carbonyl (C=O) groups is 1. The monoisotopic (exact) mass is 326 g/mol. The minimum Gasteiger partial charge on any atom is -0.376 e. The molecule has 0 radical (unpaired) electrons. The van der Waals surface area contributed by atoms with Crippen molar-refractivity contribution in [1.82, 2.24) is 15.5 Å². The number of nitrogens with zero attached hydrogens (tertiary/aromatic N) is 2. The van der Waals surface area contributed by atoms with E-state index in [0.29, 0.717) is 18.2 Å². The Kier molecular flexibility index (Phi) is 8.99. The van der Waals surface area contributed by atoms with Gasteiger partial charge in [-0.1, -0.05) is 6.92 Å². The molecule has 0 aromatic heterocycles. The van der Waals surface area contributed by atoms with Crippen molar-refractivity contribution in [2.75, 3.05) is 27.2 Å². The average molecular weight is 326 g/mol. The van der Waals surface area contributed by atoms with Crippen LogP contribution in [0.1, 0.15) is 52.9 Å². The highest BCUT2D eigenvalue weighted by Crippen LogP contribution is 2.22. The van der Waals surface area contributed by atoms with Crippen LogP contribution < -0.4 is 10.6 Å². The van der Waals surface area contributed by atoms with E-state index in [1.165, 1.54) is 0 Å². The third-order valence-electron chi connectivity index (χ3n) is 3.89. The Morgan fingerprint density at radius 1 is 1.26 bits per heavy atom. The molecule has 2 N–H and O–H groups in total. The molecular weight excluding hydrogens is 292 g/mol. The molecule has 0 aromatic rings. The van der Waals surface area contributed by atoms with Gasteiger partial charge in [0.1, 0.15) is 6.54 Å². The van der Waals surface area contributed by atoms with Crippen LogP contribution in [0.15, 0.2) is 4.99 Å². The van der Waals surface area contributed by atoms with E-state index >= 15 is 0 Å². The Labute approximate surface area is 141 Å². The van der Waals surface area contributed by atoms with Crippen LogP contribution in [0.4, 0.5) is 0 Å². The average Bonchev–Trinajstić information content (AvgIpc) is 2.50. The fraction of sp³-hybridized carbons (Fsp3) is 0.882. The summed E-state index contributed by atoms with van der Waals surface area (Å²) in [6.07, 6.45) is 6.01. The molecule has 6 nitrogen and oxygen atoms in total. The highest BCUT2D eigenvalue weighted by Gasteiger charge is 2.23. The Hall–Kier alpha value is -1.30. The number of likely N-dealkylation sites (N-methyl/N-ethyl adjacent to an activating group) is 1. The first kappa shape index (κ1) is 19.7. The third-order valence-corrected chi connectivity index (χ3v) is 3.89. The van der Waals surface area contributed by atoms with Crippen LogP contribution in [-0.2, 0) is 9.53 Å². The van der Waals surface area contributed by atoms with E-state index in [1.54, 1.807) is 19.0 Å². The topological polar surface area (TPSA) is 66.0 Å². The minimum atomic E-state index is 0.0108. The standard InChI is InChI=1S/C17H34N4O2/c1-6-11-18-17(19-12-16(22)21(4)5)20-14-7-9-15(10-8-14)23-13(2)3/h13-15H,6-12H2,1-5H3,(H2,18,19,20). The molecule has 0 aromatic carbocycles. The van der Waals surface area contributed by atoms with Gasteiger partial charge in [0.25, 0.3) is 0 Å². The van der Waals surface area contributed by atoms with E-state index in [9.17, 15) is 4.79 Å². The summed E-state index contributed by atoms with van der Waals surface area (Å²) in [7, 11) is 3.50. The molecule has 1 rings (SSSR count). The lowest BCUT2D eigenvalue weighted by Gasteiger charge is -2.31. The first-order chi connectivity index (χ1) is 10.9. The number of hydrogen-bond acceptors (Lipinski definition) is 3. The molecule has 1 fully saturated rings. The number of guanidine groups is 1. The summed E-state index contributed by atoms with van der Waals surface area (Å²) < 4.78 is 5.89. The highest BCUT2D eigenvalue weighted by molar-refractivity contribution is 5.84. The lowest BCUT2D eigenvalue weighted by atomic mass is 9.93. The van der Waals surface area contributed by atoms with Crippen molar-refractivity contribution in [3.63, 3.8) is 0 Å². The Balaban J connectivity index is 2.47. The van der Waals surface area contributed by atoms with E-state index in [0.717, 1.165) is 44.6 Å². The normalized spacial score (nSPS) is 22.1. The first-order valence-corrected chi connectivity index (χ1v) is 8.82. The van der Waals surface area contributed by atoms with Gasteiger partial charge in [0.2, 0.25) is 5.91 Å². The second-order valence-corrected chi connectivity index (χ2v) is 6.68. The molecule has 23 heavy (non-hydrogen) atoms. The number of hydrogen-bond donors (Lipinski definition) is 2. The summed E-state index contributed by atoms with van der Waals surface area (Å²) in [5.41, 5.74) is 0. The summed E-state index contributed by atoms with van der Waals surface area (Å²) in [6.45, 7) is 7.33. The van der Waals surface area contributed by atoms with E-state index in [4.69, 9.17) is 4.74 Å². The number of nitrogens with one attached hydrogen (secondary N) is 2. The number of rotatable bonds is 7. The molecule has 1 aliphatic carbocycles. The maximum atomic E-state index is 11.7. The molecule has 0 bridgehead atoms. The zero-order valence-corrected chi connectivity index (χ0v) is 15.4. The van der Waals surface area contributed by atoms with Crippen molar-refractivity contribution >= 4 is 11.9 Å². The van der Waals surface area contributed by atoms with Crippen LogP contribution in [-0.4, -0.2) is 62.2 Å². The zero-order valence-electron chi connectivity index (χ0n) is 15.4. The summed E-state index contributed by atoms with van der Waals surface area (Å²) in [6, 6.07) is 0.402. The SMILES string of the molecule is CCCNC(=NCC(=O)N(C)C)NC1CCC(OC(C)C)CC1. The van der Waals surface area contributed by atoms with Gasteiger partial charge in [0.15, 0.2) is 5.96 Å². The first-order valence-electron chi connectivity index (χ1n) is 8.82. The fourth-order valence-corrected chi connectivity index (χ4v) is 2.61.